The molecule has 0 fully saturated rings. The van der Waals surface area contributed by atoms with Crippen LogP contribution < -0.4 is 15.4 Å². The summed E-state index contributed by atoms with van der Waals surface area (Å²) in [4.78, 5) is 24.1. The molecular formula is C18H20N2O3. The summed E-state index contributed by atoms with van der Waals surface area (Å²) in [6.45, 7) is 3.62. The Hall–Kier alpha value is -2.82. The molecule has 2 aromatic rings. The summed E-state index contributed by atoms with van der Waals surface area (Å²) < 4.78 is 5.64. The highest BCUT2D eigenvalue weighted by Crippen LogP contribution is 2.17. The van der Waals surface area contributed by atoms with Crippen molar-refractivity contribution in [2.45, 2.75) is 20.0 Å². The van der Waals surface area contributed by atoms with Crippen molar-refractivity contribution in [3.8, 4) is 5.75 Å². The van der Waals surface area contributed by atoms with Crippen LogP contribution in [0.15, 0.2) is 48.5 Å². The van der Waals surface area contributed by atoms with Gasteiger partial charge in [-0.1, -0.05) is 24.3 Å². The van der Waals surface area contributed by atoms with Crippen molar-refractivity contribution >= 4 is 17.5 Å². The van der Waals surface area contributed by atoms with Gasteiger partial charge in [-0.3, -0.25) is 9.59 Å². The number of hydrogen-bond acceptors (Lipinski definition) is 3. The van der Waals surface area contributed by atoms with Gasteiger partial charge in [0.2, 0.25) is 0 Å². The molecule has 0 bridgehead atoms. The fourth-order valence-electron chi connectivity index (χ4n) is 2.11. The molecule has 0 aliphatic heterocycles. The van der Waals surface area contributed by atoms with Gasteiger partial charge in [-0.15, -0.1) is 0 Å². The molecule has 0 aliphatic carbocycles. The van der Waals surface area contributed by atoms with Crippen LogP contribution in [0.1, 0.15) is 22.8 Å². The third-order valence-electron chi connectivity index (χ3n) is 3.33. The van der Waals surface area contributed by atoms with Gasteiger partial charge in [0.05, 0.1) is 11.3 Å². The number of aryl methyl sites for hydroxylation is 1. The highest BCUT2D eigenvalue weighted by atomic mass is 16.5. The summed E-state index contributed by atoms with van der Waals surface area (Å²) in [5.41, 5.74) is 1.92. The molecule has 0 heterocycles. The maximum Gasteiger partial charge on any atom is 0.265 e. The fraction of sp³-hybridized carbons (Fsp3) is 0.222. The molecule has 23 heavy (non-hydrogen) atoms. The second-order valence-electron chi connectivity index (χ2n) is 5.19. The number of rotatable bonds is 5. The first-order chi connectivity index (χ1) is 11.0. The molecule has 0 spiro atoms. The first-order valence-electron chi connectivity index (χ1n) is 7.36. The lowest BCUT2D eigenvalue weighted by molar-refractivity contribution is -0.122. The Morgan fingerprint density at radius 3 is 2.52 bits per heavy atom. The smallest absolute Gasteiger partial charge is 0.265 e. The van der Waals surface area contributed by atoms with Gasteiger partial charge in [0.25, 0.3) is 11.8 Å². The Balaban J connectivity index is 2.08. The quantitative estimate of drug-likeness (QED) is 0.892. The van der Waals surface area contributed by atoms with E-state index >= 15 is 0 Å². The van der Waals surface area contributed by atoms with Crippen molar-refractivity contribution in [2.24, 2.45) is 0 Å². The molecule has 2 N–H and O–H groups in total. The number of para-hydroxylation sites is 1. The van der Waals surface area contributed by atoms with Gasteiger partial charge >= 0.3 is 0 Å². The van der Waals surface area contributed by atoms with Gasteiger partial charge in [-0.05, 0) is 43.7 Å². The summed E-state index contributed by atoms with van der Waals surface area (Å²) in [5, 5.41) is 5.28. The van der Waals surface area contributed by atoms with Crippen LogP contribution in [0.3, 0.4) is 0 Å². The van der Waals surface area contributed by atoms with E-state index in [0.29, 0.717) is 17.0 Å². The van der Waals surface area contributed by atoms with E-state index in [1.165, 1.54) is 0 Å². The molecule has 2 aromatic carbocycles. The second-order valence-corrected chi connectivity index (χ2v) is 5.19. The molecule has 5 nitrogen and oxygen atoms in total. The van der Waals surface area contributed by atoms with E-state index in [2.05, 4.69) is 10.6 Å². The molecular weight excluding hydrogens is 292 g/mol. The van der Waals surface area contributed by atoms with Gasteiger partial charge in [-0.2, -0.15) is 0 Å². The molecule has 0 saturated carbocycles. The van der Waals surface area contributed by atoms with Crippen LogP contribution in [-0.2, 0) is 4.79 Å². The topological polar surface area (TPSA) is 67.4 Å². The van der Waals surface area contributed by atoms with Crippen molar-refractivity contribution in [3.63, 3.8) is 0 Å². The Bertz CT molecular complexity index is 713. The predicted molar refractivity (Wildman–Crippen MR) is 89.7 cm³/mol. The largest absolute Gasteiger partial charge is 0.481 e. The zero-order chi connectivity index (χ0) is 16.8. The summed E-state index contributed by atoms with van der Waals surface area (Å²) in [6.07, 6.45) is -0.686. The maximum atomic E-state index is 12.3. The normalized spacial score (nSPS) is 11.4. The van der Waals surface area contributed by atoms with E-state index in [4.69, 9.17) is 4.74 Å². The van der Waals surface area contributed by atoms with Crippen LogP contribution in [-0.4, -0.2) is 25.0 Å². The van der Waals surface area contributed by atoms with Crippen LogP contribution in [0, 0.1) is 6.92 Å². The van der Waals surface area contributed by atoms with E-state index in [9.17, 15) is 9.59 Å². The molecule has 0 radical (unpaired) electrons. The molecule has 0 unspecified atom stereocenters. The average Bonchev–Trinajstić information content (AvgIpc) is 2.54. The number of nitrogens with one attached hydrogen (secondary N) is 2. The first kappa shape index (κ1) is 16.5. The van der Waals surface area contributed by atoms with E-state index in [-0.39, 0.29) is 11.8 Å². The Labute approximate surface area is 135 Å². The van der Waals surface area contributed by atoms with Gasteiger partial charge in [0.15, 0.2) is 6.10 Å². The van der Waals surface area contributed by atoms with Crippen molar-refractivity contribution in [1.82, 2.24) is 5.32 Å². The van der Waals surface area contributed by atoms with Gasteiger partial charge in [0, 0.05) is 7.05 Å². The predicted octanol–water partition coefficient (Wildman–Crippen LogP) is 2.76. The minimum Gasteiger partial charge on any atom is -0.481 e. The van der Waals surface area contributed by atoms with Gasteiger partial charge < -0.3 is 15.4 Å². The summed E-state index contributed by atoms with van der Waals surface area (Å²) in [5.74, 6) is 0.0586. The van der Waals surface area contributed by atoms with E-state index in [1.54, 1.807) is 44.3 Å². The summed E-state index contributed by atoms with van der Waals surface area (Å²) in [6, 6.07) is 14.3. The first-order valence-corrected chi connectivity index (χ1v) is 7.36. The Morgan fingerprint density at radius 2 is 1.83 bits per heavy atom. The van der Waals surface area contributed by atoms with E-state index < -0.39 is 6.10 Å². The number of benzene rings is 2. The highest BCUT2D eigenvalue weighted by Gasteiger charge is 2.18. The number of amides is 2. The molecule has 0 saturated heterocycles. The van der Waals surface area contributed by atoms with Crippen molar-refractivity contribution < 1.29 is 14.3 Å². The zero-order valence-electron chi connectivity index (χ0n) is 13.4. The molecule has 0 aromatic heterocycles. The van der Waals surface area contributed by atoms with E-state index in [1.807, 2.05) is 25.1 Å². The number of hydrogen-bond donors (Lipinski definition) is 2. The number of ether oxygens (including phenoxy) is 1. The fourth-order valence-corrected chi connectivity index (χ4v) is 2.11. The lowest BCUT2D eigenvalue weighted by Crippen LogP contribution is -2.31. The van der Waals surface area contributed by atoms with Gasteiger partial charge in [0.1, 0.15) is 5.75 Å². The second kappa shape index (κ2) is 7.45. The molecule has 1 atom stereocenters. The minimum absolute atomic E-state index is 0.256. The maximum absolute atomic E-state index is 12.3. The summed E-state index contributed by atoms with van der Waals surface area (Å²) >= 11 is 0. The van der Waals surface area contributed by atoms with Crippen LogP contribution in [0.2, 0.25) is 0 Å². The molecule has 2 rings (SSSR count). The molecule has 2 amide bonds. The average molecular weight is 312 g/mol. The van der Waals surface area contributed by atoms with Crippen molar-refractivity contribution in [1.29, 1.82) is 0 Å². The molecule has 0 aliphatic rings. The Kier molecular flexibility index (Phi) is 5.36. The summed E-state index contributed by atoms with van der Waals surface area (Å²) in [7, 11) is 1.55. The standard InChI is InChI=1S/C18H20N2O3/c1-12-7-6-8-14(11-12)23-13(2)17(21)20-16-10-5-4-9-15(16)18(22)19-3/h4-11,13H,1-3H3,(H,19,22)(H,20,21)/t13-/m1/s1. The third-order valence-corrected chi connectivity index (χ3v) is 3.33. The van der Waals surface area contributed by atoms with Crippen molar-refractivity contribution in [2.75, 3.05) is 12.4 Å². The van der Waals surface area contributed by atoms with E-state index in [0.717, 1.165) is 5.56 Å². The van der Waals surface area contributed by atoms with Gasteiger partial charge in [-0.25, -0.2) is 0 Å². The van der Waals surface area contributed by atoms with Crippen molar-refractivity contribution in [3.05, 3.63) is 59.7 Å². The lowest BCUT2D eigenvalue weighted by Gasteiger charge is -2.16. The number of carbonyl (C=O) groups is 2. The number of carbonyl (C=O) groups excluding carboxylic acids is 2. The number of anilines is 1. The highest BCUT2D eigenvalue weighted by molar-refractivity contribution is 6.04. The third kappa shape index (κ3) is 4.32. The van der Waals surface area contributed by atoms with Crippen LogP contribution in [0.4, 0.5) is 5.69 Å². The minimum atomic E-state index is -0.686. The lowest BCUT2D eigenvalue weighted by atomic mass is 10.1. The monoisotopic (exact) mass is 312 g/mol. The zero-order valence-corrected chi connectivity index (χ0v) is 13.4. The van der Waals surface area contributed by atoms with Crippen LogP contribution in [0.5, 0.6) is 5.75 Å². The SMILES string of the molecule is CNC(=O)c1ccccc1NC(=O)[C@@H](C)Oc1cccc(C)c1. The van der Waals surface area contributed by atoms with Crippen LogP contribution >= 0.6 is 0 Å². The molecule has 5 heteroatoms. The Morgan fingerprint density at radius 1 is 1.09 bits per heavy atom. The molecule has 120 valence electrons. The van der Waals surface area contributed by atoms with Crippen LogP contribution in [0.25, 0.3) is 0 Å².